The predicted molar refractivity (Wildman–Crippen MR) is 311 cm³/mol. The van der Waals surface area contributed by atoms with Crippen LogP contribution in [0.1, 0.15) is 159 Å². The van der Waals surface area contributed by atoms with Gasteiger partial charge in [0.1, 0.15) is 0 Å². The van der Waals surface area contributed by atoms with E-state index in [-0.39, 0.29) is 33.8 Å². The molecule has 2 unspecified atom stereocenters. The number of para-hydroxylation sites is 1. The minimum absolute atomic E-state index is 0.0454. The van der Waals surface area contributed by atoms with Crippen LogP contribution in [0.4, 0.5) is 33.4 Å². The molecule has 0 amide bonds. The second-order valence-corrected chi connectivity index (χ2v) is 27.6. The van der Waals surface area contributed by atoms with E-state index in [9.17, 15) is 0 Å². The number of thiophene rings is 1. The van der Waals surface area contributed by atoms with Crippen LogP contribution in [0.3, 0.4) is 0 Å². The maximum Gasteiger partial charge on any atom is 0.253 e. The van der Waals surface area contributed by atoms with Crippen molar-refractivity contribution in [3.63, 3.8) is 0 Å². The van der Waals surface area contributed by atoms with E-state index < -0.39 is 0 Å². The molecule has 2 atom stereocenters. The Morgan fingerprint density at radius 3 is 1.99 bits per heavy atom. The zero-order valence-corrected chi connectivity index (χ0v) is 46.5. The molecule has 0 radical (unpaired) electrons. The summed E-state index contributed by atoms with van der Waals surface area (Å²) in [6, 6.07) is 31.3. The first kappa shape index (κ1) is 48.0. The predicted octanol–water partition coefficient (Wildman–Crippen LogP) is 17.8. The van der Waals surface area contributed by atoms with Gasteiger partial charge in [0.15, 0.2) is 0 Å². The van der Waals surface area contributed by atoms with Crippen molar-refractivity contribution in [3.8, 4) is 0 Å². The van der Waals surface area contributed by atoms with Crippen molar-refractivity contribution in [2.75, 3.05) is 14.7 Å². The fourth-order valence-electron chi connectivity index (χ4n) is 13.3. The standard InChI is InChI=1S/C66H78BN3S/c1-41-35-55(42(2)34-50(41)64(9,10)11)70-57-38-48(68(45-22-18-16-19-23-45)46-24-20-17-21-25-46)37-56-60(57)67(59-49-39-51-52(40-58(49)71-61(59)70)66(14,15)33-32-65(51,12)13)53-36-44(63(6,7)8)28-31-54(53)69(56)47-29-26-43(27-30-47)62(3,4)5/h16,18-20,22-27,29-30,34-41,50H,17,21,28,31-33H2,1-15H3. The van der Waals surface area contributed by atoms with Gasteiger partial charge in [-0.25, -0.2) is 0 Å². The molecule has 0 bridgehead atoms. The molecule has 366 valence electrons. The number of nitrogens with zero attached hydrogens (tertiary/aromatic N) is 3. The molecule has 0 fully saturated rings. The number of anilines is 6. The number of rotatable bonds is 5. The summed E-state index contributed by atoms with van der Waals surface area (Å²) in [5.41, 5.74) is 22.4. The summed E-state index contributed by atoms with van der Waals surface area (Å²) >= 11 is 2.05. The van der Waals surface area contributed by atoms with Gasteiger partial charge in [-0.05, 0) is 183 Å². The van der Waals surface area contributed by atoms with E-state index in [1.165, 1.54) is 112 Å². The van der Waals surface area contributed by atoms with Crippen LogP contribution in [0.5, 0.6) is 0 Å². The number of allylic oxidation sites excluding steroid dienone is 10. The van der Waals surface area contributed by atoms with Gasteiger partial charge in [-0.3, -0.25) is 0 Å². The molecular formula is C66H78BN3S. The van der Waals surface area contributed by atoms with Gasteiger partial charge in [-0.1, -0.05) is 163 Å². The third-order valence-corrected chi connectivity index (χ3v) is 18.6. The monoisotopic (exact) mass is 956 g/mol. The highest BCUT2D eigenvalue weighted by Crippen LogP contribution is 2.55. The van der Waals surface area contributed by atoms with Crippen molar-refractivity contribution in [1.82, 2.24) is 0 Å². The number of hydrogen-bond acceptors (Lipinski definition) is 4. The van der Waals surface area contributed by atoms with Crippen molar-refractivity contribution in [2.24, 2.45) is 22.7 Å². The van der Waals surface area contributed by atoms with E-state index in [4.69, 9.17) is 0 Å². The Morgan fingerprint density at radius 2 is 1.37 bits per heavy atom. The van der Waals surface area contributed by atoms with Gasteiger partial charge in [-0.2, -0.15) is 0 Å². The van der Waals surface area contributed by atoms with E-state index in [0.29, 0.717) is 11.8 Å². The fourth-order valence-corrected chi connectivity index (χ4v) is 14.5. The van der Waals surface area contributed by atoms with Crippen molar-refractivity contribution < 1.29 is 0 Å². The van der Waals surface area contributed by atoms with E-state index >= 15 is 0 Å². The highest BCUT2D eigenvalue weighted by molar-refractivity contribution is 7.26. The molecule has 4 aliphatic carbocycles. The van der Waals surface area contributed by atoms with Crippen LogP contribution in [0.25, 0.3) is 10.1 Å². The quantitative estimate of drug-likeness (QED) is 0.163. The molecular weight excluding hydrogens is 878 g/mol. The third kappa shape index (κ3) is 7.98. The summed E-state index contributed by atoms with van der Waals surface area (Å²) in [6.07, 6.45) is 21.6. The van der Waals surface area contributed by atoms with Crippen molar-refractivity contribution >= 4 is 72.5 Å². The smallest absolute Gasteiger partial charge is 0.253 e. The summed E-state index contributed by atoms with van der Waals surface area (Å²) in [5, 5.41) is 2.83. The Kier molecular flexibility index (Phi) is 11.3. The summed E-state index contributed by atoms with van der Waals surface area (Å²) in [6.45, 7) is 36.4. The van der Waals surface area contributed by atoms with Gasteiger partial charge in [0.05, 0.1) is 10.7 Å². The van der Waals surface area contributed by atoms with Crippen molar-refractivity contribution in [2.45, 2.75) is 159 Å². The zero-order chi connectivity index (χ0) is 50.3. The number of hydrogen-bond donors (Lipinski definition) is 0. The van der Waals surface area contributed by atoms with Crippen LogP contribution in [0.15, 0.2) is 149 Å². The Hall–Kier alpha value is -5.26. The molecule has 3 heterocycles. The molecule has 0 N–H and O–H groups in total. The van der Waals surface area contributed by atoms with Gasteiger partial charge in [0, 0.05) is 44.5 Å². The summed E-state index contributed by atoms with van der Waals surface area (Å²) in [5.74, 6) is 0.793. The molecule has 1 aromatic heterocycles. The minimum atomic E-state index is 0.0454. The van der Waals surface area contributed by atoms with Crippen molar-refractivity contribution in [3.05, 3.63) is 166 Å². The lowest BCUT2D eigenvalue weighted by Gasteiger charge is -2.47. The number of fused-ring (bicyclic) bond motifs is 6. The van der Waals surface area contributed by atoms with E-state index in [1.807, 2.05) is 11.3 Å². The lowest BCUT2D eigenvalue weighted by molar-refractivity contribution is 0.242. The van der Waals surface area contributed by atoms with Gasteiger partial charge in [-0.15, -0.1) is 11.3 Å². The molecule has 5 aromatic rings. The van der Waals surface area contributed by atoms with Crippen LogP contribution in [-0.4, -0.2) is 6.71 Å². The highest BCUT2D eigenvalue weighted by Gasteiger charge is 2.49. The maximum absolute atomic E-state index is 2.77. The van der Waals surface area contributed by atoms with Gasteiger partial charge in [0.25, 0.3) is 6.71 Å². The topological polar surface area (TPSA) is 9.72 Å². The molecule has 2 aliphatic heterocycles. The Morgan fingerprint density at radius 1 is 0.704 bits per heavy atom. The van der Waals surface area contributed by atoms with Gasteiger partial charge < -0.3 is 14.7 Å². The normalized spacial score (nSPS) is 21.5. The van der Waals surface area contributed by atoms with E-state index in [2.05, 4.69) is 234 Å². The van der Waals surface area contributed by atoms with Crippen LogP contribution in [0.2, 0.25) is 0 Å². The fraction of sp³-hybridized carbons (Fsp3) is 0.424. The third-order valence-electron chi connectivity index (χ3n) is 17.5. The van der Waals surface area contributed by atoms with Crippen LogP contribution in [0, 0.1) is 22.7 Å². The molecule has 6 aliphatic rings. The minimum Gasteiger partial charge on any atom is -0.315 e. The summed E-state index contributed by atoms with van der Waals surface area (Å²) < 4.78 is 1.42. The molecule has 0 saturated heterocycles. The summed E-state index contributed by atoms with van der Waals surface area (Å²) in [7, 11) is 0. The molecule has 71 heavy (non-hydrogen) atoms. The Labute approximate surface area is 431 Å². The summed E-state index contributed by atoms with van der Waals surface area (Å²) in [4.78, 5) is 8.03. The van der Waals surface area contributed by atoms with Gasteiger partial charge in [0.2, 0.25) is 0 Å². The van der Waals surface area contributed by atoms with Gasteiger partial charge >= 0.3 is 0 Å². The molecule has 0 saturated carbocycles. The van der Waals surface area contributed by atoms with Crippen LogP contribution >= 0.6 is 11.3 Å². The first-order valence-corrected chi connectivity index (χ1v) is 27.8. The molecule has 4 aromatic carbocycles. The SMILES string of the molecule is CC1=CC(C(C)(C)C)C(C)C=C1N1c2cc(N(C3=CCCC=C3)c3ccccc3)cc3c2B(C2=C(CCC(C(C)(C)C)=C2)N3c2ccc(C(C)(C)C)cc2)c2c1sc1cc3c(cc21)C(C)(C)CCC3(C)C. The largest absolute Gasteiger partial charge is 0.315 e. The number of benzene rings is 4. The van der Waals surface area contributed by atoms with Crippen molar-refractivity contribution in [1.29, 1.82) is 0 Å². The molecule has 11 rings (SSSR count). The average molecular weight is 956 g/mol. The molecule has 3 nitrogen and oxygen atoms in total. The lowest BCUT2D eigenvalue weighted by Crippen LogP contribution is -2.56. The van der Waals surface area contributed by atoms with E-state index in [0.717, 1.165) is 25.7 Å². The lowest BCUT2D eigenvalue weighted by atomic mass is 9.32. The second kappa shape index (κ2) is 16.6. The average Bonchev–Trinajstić information content (AvgIpc) is 3.69. The Balaban J connectivity index is 1.30. The molecule has 0 spiro atoms. The van der Waals surface area contributed by atoms with E-state index in [1.54, 1.807) is 5.57 Å². The van der Waals surface area contributed by atoms with Crippen LogP contribution in [-0.2, 0) is 16.2 Å². The highest BCUT2D eigenvalue weighted by atomic mass is 32.1. The molecule has 5 heteroatoms. The maximum atomic E-state index is 2.77. The van der Waals surface area contributed by atoms with Crippen LogP contribution < -0.4 is 25.6 Å². The Bertz CT molecular complexity index is 3180. The zero-order valence-electron chi connectivity index (χ0n) is 45.7. The first-order valence-electron chi connectivity index (χ1n) is 27.0. The second-order valence-electron chi connectivity index (χ2n) is 26.5. The first-order chi connectivity index (χ1) is 33.4.